The zero-order valence-corrected chi connectivity index (χ0v) is 9.71. The molecule has 0 spiro atoms. The van der Waals surface area contributed by atoms with Crippen LogP contribution < -0.4 is 5.73 Å². The van der Waals surface area contributed by atoms with Crippen molar-refractivity contribution in [3.05, 3.63) is 0 Å². The fourth-order valence-corrected chi connectivity index (χ4v) is 2.16. The molecular weight excluding hydrogens is 190 g/mol. The summed E-state index contributed by atoms with van der Waals surface area (Å²) in [5.41, 5.74) is 6.01. The molecule has 0 bridgehead atoms. The van der Waals surface area contributed by atoms with E-state index in [0.717, 1.165) is 25.7 Å². The summed E-state index contributed by atoms with van der Waals surface area (Å²) in [5.74, 6) is 0.252. The van der Waals surface area contributed by atoms with Crippen LogP contribution >= 0.6 is 0 Å². The summed E-state index contributed by atoms with van der Waals surface area (Å²) in [5, 5.41) is 0. The monoisotopic (exact) mass is 213 g/mol. The quantitative estimate of drug-likeness (QED) is 0.560. The van der Waals surface area contributed by atoms with Crippen LogP contribution in [0.2, 0.25) is 0 Å². The maximum atomic E-state index is 11.8. The number of hydrogen-bond donors (Lipinski definition) is 1. The second-order valence-corrected chi connectivity index (χ2v) is 4.43. The number of hydrogen-bond acceptors (Lipinski definition) is 3. The van der Waals surface area contributed by atoms with Crippen LogP contribution in [0, 0.1) is 5.92 Å². The largest absolute Gasteiger partial charge is 0.374 e. The molecule has 0 aromatic carbocycles. The summed E-state index contributed by atoms with van der Waals surface area (Å²) in [4.78, 5) is 11.8. The van der Waals surface area contributed by atoms with Crippen LogP contribution in [0.1, 0.15) is 45.4 Å². The van der Waals surface area contributed by atoms with Gasteiger partial charge in [0.05, 0.1) is 0 Å². The highest BCUT2D eigenvalue weighted by Crippen LogP contribution is 2.22. The molecule has 2 unspecified atom stereocenters. The molecule has 1 aliphatic carbocycles. The van der Waals surface area contributed by atoms with E-state index in [0.29, 0.717) is 6.61 Å². The second-order valence-electron chi connectivity index (χ2n) is 4.43. The Morgan fingerprint density at radius 1 is 1.33 bits per heavy atom. The first-order chi connectivity index (χ1) is 7.25. The van der Waals surface area contributed by atoms with E-state index in [-0.39, 0.29) is 24.3 Å². The minimum absolute atomic E-state index is 0.0457. The van der Waals surface area contributed by atoms with Crippen molar-refractivity contribution in [1.82, 2.24) is 0 Å². The number of ketones is 1. The third-order valence-corrected chi connectivity index (χ3v) is 3.08. The molecule has 3 heteroatoms. The van der Waals surface area contributed by atoms with Gasteiger partial charge in [0.15, 0.2) is 5.78 Å². The van der Waals surface area contributed by atoms with Gasteiger partial charge in [0.2, 0.25) is 0 Å². The maximum absolute atomic E-state index is 11.8. The second kappa shape index (κ2) is 6.96. The molecule has 0 aliphatic heterocycles. The molecule has 1 fully saturated rings. The van der Waals surface area contributed by atoms with Crippen LogP contribution in [-0.4, -0.2) is 25.0 Å². The Bertz CT molecular complexity index is 194. The van der Waals surface area contributed by atoms with Gasteiger partial charge in [-0.25, -0.2) is 0 Å². The highest BCUT2D eigenvalue weighted by Gasteiger charge is 2.26. The molecule has 88 valence electrons. The van der Waals surface area contributed by atoms with Crippen molar-refractivity contribution < 1.29 is 9.53 Å². The number of carbonyl (C=O) groups is 1. The molecule has 0 aromatic heterocycles. The summed E-state index contributed by atoms with van der Waals surface area (Å²) in [7, 11) is 0. The van der Waals surface area contributed by atoms with Crippen LogP contribution in [0.5, 0.6) is 0 Å². The lowest BCUT2D eigenvalue weighted by molar-refractivity contribution is -0.128. The first-order valence-electron chi connectivity index (χ1n) is 6.11. The first-order valence-corrected chi connectivity index (χ1v) is 6.11. The summed E-state index contributed by atoms with van der Waals surface area (Å²) in [6.45, 7) is 2.97. The topological polar surface area (TPSA) is 52.3 Å². The molecule has 0 amide bonds. The number of carbonyl (C=O) groups excluding carboxylic acids is 1. The molecule has 2 N–H and O–H groups in total. The van der Waals surface area contributed by atoms with Crippen molar-refractivity contribution in [2.75, 3.05) is 13.2 Å². The molecule has 0 radical (unpaired) electrons. The number of rotatable bonds is 5. The van der Waals surface area contributed by atoms with Crippen molar-refractivity contribution in [1.29, 1.82) is 0 Å². The number of nitrogens with two attached hydrogens (primary N) is 1. The molecular formula is C12H23NO2. The lowest BCUT2D eigenvalue weighted by Crippen LogP contribution is -2.36. The molecule has 0 heterocycles. The van der Waals surface area contributed by atoms with Gasteiger partial charge in [0.25, 0.3) is 0 Å². The van der Waals surface area contributed by atoms with Gasteiger partial charge in [0, 0.05) is 18.6 Å². The maximum Gasteiger partial charge on any atom is 0.163 e. The zero-order chi connectivity index (χ0) is 11.1. The first kappa shape index (κ1) is 12.7. The molecule has 1 aliphatic rings. The normalized spacial score (nSPS) is 27.3. The Morgan fingerprint density at radius 3 is 2.80 bits per heavy atom. The van der Waals surface area contributed by atoms with E-state index in [4.69, 9.17) is 10.5 Å². The van der Waals surface area contributed by atoms with Crippen molar-refractivity contribution in [2.24, 2.45) is 11.7 Å². The highest BCUT2D eigenvalue weighted by atomic mass is 16.5. The summed E-state index contributed by atoms with van der Waals surface area (Å²) >= 11 is 0. The molecule has 2 atom stereocenters. The smallest absolute Gasteiger partial charge is 0.163 e. The van der Waals surface area contributed by atoms with Gasteiger partial charge < -0.3 is 10.5 Å². The van der Waals surface area contributed by atoms with Gasteiger partial charge in [-0.2, -0.15) is 0 Å². The van der Waals surface area contributed by atoms with E-state index >= 15 is 0 Å². The summed E-state index contributed by atoms with van der Waals surface area (Å²) in [6.07, 6.45) is 6.43. The standard InChI is InChI=1S/C12H23NO2/c1-2-8-15-9-12(14)10-6-4-3-5-7-11(10)13/h10-11H,2-9,13H2,1H3. The van der Waals surface area contributed by atoms with Crippen LogP contribution in [-0.2, 0) is 9.53 Å². The van der Waals surface area contributed by atoms with Crippen LogP contribution in [0.3, 0.4) is 0 Å². The molecule has 15 heavy (non-hydrogen) atoms. The van der Waals surface area contributed by atoms with Gasteiger partial charge in [-0.1, -0.05) is 26.2 Å². The van der Waals surface area contributed by atoms with Gasteiger partial charge in [-0.05, 0) is 19.3 Å². The Morgan fingerprint density at radius 2 is 2.07 bits per heavy atom. The average molecular weight is 213 g/mol. The van der Waals surface area contributed by atoms with Gasteiger partial charge in [-0.3, -0.25) is 4.79 Å². The average Bonchev–Trinajstić information content (AvgIpc) is 2.43. The molecule has 0 saturated heterocycles. The van der Waals surface area contributed by atoms with E-state index in [9.17, 15) is 4.79 Å². The van der Waals surface area contributed by atoms with Crippen LogP contribution in [0.15, 0.2) is 0 Å². The Hall–Kier alpha value is -0.410. The predicted molar refractivity (Wildman–Crippen MR) is 60.7 cm³/mol. The minimum atomic E-state index is 0.0457. The summed E-state index contributed by atoms with van der Waals surface area (Å²) in [6, 6.07) is 0.0604. The van der Waals surface area contributed by atoms with Crippen molar-refractivity contribution in [2.45, 2.75) is 51.5 Å². The van der Waals surface area contributed by atoms with Crippen molar-refractivity contribution >= 4 is 5.78 Å². The minimum Gasteiger partial charge on any atom is -0.374 e. The number of ether oxygens (including phenoxy) is 1. The lowest BCUT2D eigenvalue weighted by atomic mass is 9.91. The van der Waals surface area contributed by atoms with Crippen molar-refractivity contribution in [3.8, 4) is 0 Å². The molecule has 1 rings (SSSR count). The third-order valence-electron chi connectivity index (χ3n) is 3.08. The van der Waals surface area contributed by atoms with E-state index in [1.165, 1.54) is 12.8 Å². The fourth-order valence-electron chi connectivity index (χ4n) is 2.16. The zero-order valence-electron chi connectivity index (χ0n) is 9.71. The third kappa shape index (κ3) is 4.31. The summed E-state index contributed by atoms with van der Waals surface area (Å²) < 4.78 is 5.28. The number of Topliss-reactive ketones (excluding diaryl/α,β-unsaturated/α-hetero) is 1. The Kier molecular flexibility index (Phi) is 5.88. The highest BCUT2D eigenvalue weighted by molar-refractivity contribution is 5.82. The van der Waals surface area contributed by atoms with Gasteiger partial charge in [0.1, 0.15) is 6.61 Å². The fraction of sp³-hybridized carbons (Fsp3) is 0.917. The Labute approximate surface area is 92.4 Å². The SMILES string of the molecule is CCCOCC(=O)C1CCCCCC1N. The van der Waals surface area contributed by atoms with Crippen LogP contribution in [0.25, 0.3) is 0 Å². The van der Waals surface area contributed by atoms with E-state index < -0.39 is 0 Å². The Balaban J connectivity index is 2.34. The molecule has 1 saturated carbocycles. The predicted octanol–water partition coefficient (Wildman–Crippen LogP) is 1.89. The molecule has 3 nitrogen and oxygen atoms in total. The van der Waals surface area contributed by atoms with Crippen LogP contribution in [0.4, 0.5) is 0 Å². The van der Waals surface area contributed by atoms with E-state index in [2.05, 4.69) is 0 Å². The van der Waals surface area contributed by atoms with E-state index in [1.807, 2.05) is 6.92 Å². The van der Waals surface area contributed by atoms with Gasteiger partial charge >= 0.3 is 0 Å². The molecule has 0 aromatic rings. The van der Waals surface area contributed by atoms with Crippen molar-refractivity contribution in [3.63, 3.8) is 0 Å². The van der Waals surface area contributed by atoms with E-state index in [1.54, 1.807) is 0 Å². The van der Waals surface area contributed by atoms with Gasteiger partial charge in [-0.15, -0.1) is 0 Å². The lowest BCUT2D eigenvalue weighted by Gasteiger charge is -2.19.